The minimum atomic E-state index is -0.577. The van der Waals surface area contributed by atoms with Gasteiger partial charge in [-0.25, -0.2) is 4.79 Å². The van der Waals surface area contributed by atoms with E-state index in [1.54, 1.807) is 26.8 Å². The van der Waals surface area contributed by atoms with Gasteiger partial charge in [0.05, 0.1) is 16.9 Å². The maximum atomic E-state index is 11.5. The topological polar surface area (TPSA) is 117 Å². The van der Waals surface area contributed by atoms with Gasteiger partial charge in [-0.05, 0) is 32.0 Å². The quantitative estimate of drug-likeness (QED) is 0.510. The fourth-order valence-electron chi connectivity index (χ4n) is 1.79. The molecule has 23 heavy (non-hydrogen) atoms. The number of fused-ring (bicyclic) bond motifs is 1. The smallest absolute Gasteiger partial charge is 0.407 e. The predicted octanol–water partition coefficient (Wildman–Crippen LogP) is 2.64. The largest absolute Gasteiger partial charge is 0.473 e. The Morgan fingerprint density at radius 3 is 2.83 bits per heavy atom. The van der Waals surface area contributed by atoms with Crippen molar-refractivity contribution >= 4 is 22.7 Å². The van der Waals surface area contributed by atoms with Gasteiger partial charge < -0.3 is 19.3 Å². The summed E-state index contributed by atoms with van der Waals surface area (Å²) >= 11 is 0. The minimum absolute atomic E-state index is 0.0487. The number of nitro groups is 1. The van der Waals surface area contributed by atoms with E-state index in [-0.39, 0.29) is 30.3 Å². The van der Waals surface area contributed by atoms with Gasteiger partial charge >= 0.3 is 11.8 Å². The van der Waals surface area contributed by atoms with Crippen LogP contribution in [-0.2, 0) is 4.74 Å². The Labute approximate surface area is 131 Å². The van der Waals surface area contributed by atoms with Gasteiger partial charge in [-0.3, -0.25) is 10.1 Å². The number of benzene rings is 1. The number of hydrogen-bond acceptors (Lipinski definition) is 7. The summed E-state index contributed by atoms with van der Waals surface area (Å²) in [4.78, 5) is 21.8. The Bertz CT molecular complexity index is 719. The summed E-state index contributed by atoms with van der Waals surface area (Å²) in [6.45, 7) is 5.59. The van der Waals surface area contributed by atoms with Crippen molar-refractivity contribution in [3.8, 4) is 5.88 Å². The number of nitrogens with one attached hydrogen (secondary N) is 1. The summed E-state index contributed by atoms with van der Waals surface area (Å²) in [6, 6.07) is 4.44. The molecule has 9 heteroatoms. The summed E-state index contributed by atoms with van der Waals surface area (Å²) in [6.07, 6.45) is -0.554. The van der Waals surface area contributed by atoms with E-state index >= 15 is 0 Å². The Morgan fingerprint density at radius 2 is 2.17 bits per heavy atom. The van der Waals surface area contributed by atoms with Gasteiger partial charge in [0.15, 0.2) is 0 Å². The van der Waals surface area contributed by atoms with Crippen molar-refractivity contribution in [3.63, 3.8) is 0 Å². The second kappa shape index (κ2) is 6.51. The Balaban J connectivity index is 1.92. The third-order valence-electron chi connectivity index (χ3n) is 2.65. The van der Waals surface area contributed by atoms with Crippen LogP contribution in [0.25, 0.3) is 11.0 Å². The van der Waals surface area contributed by atoms with E-state index in [0.29, 0.717) is 5.39 Å². The number of ether oxygens (including phenoxy) is 2. The van der Waals surface area contributed by atoms with Gasteiger partial charge in [0.25, 0.3) is 5.88 Å². The van der Waals surface area contributed by atoms with Crippen LogP contribution >= 0.6 is 0 Å². The molecule has 0 aliphatic heterocycles. The molecule has 0 saturated heterocycles. The van der Waals surface area contributed by atoms with Gasteiger partial charge in [-0.15, -0.1) is 0 Å². The lowest BCUT2D eigenvalue weighted by Crippen LogP contribution is -2.34. The average Bonchev–Trinajstić information content (AvgIpc) is 2.84. The number of para-hydroxylation sites is 1. The van der Waals surface area contributed by atoms with E-state index in [4.69, 9.17) is 14.0 Å². The van der Waals surface area contributed by atoms with Gasteiger partial charge in [0.1, 0.15) is 12.2 Å². The maximum Gasteiger partial charge on any atom is 0.407 e. The van der Waals surface area contributed by atoms with E-state index in [1.807, 2.05) is 0 Å². The molecule has 2 aromatic rings. The highest BCUT2D eigenvalue weighted by atomic mass is 16.6. The van der Waals surface area contributed by atoms with Crippen LogP contribution in [0.4, 0.5) is 10.5 Å². The van der Waals surface area contributed by atoms with Gasteiger partial charge in [-0.2, -0.15) is 0 Å². The highest BCUT2D eigenvalue weighted by Crippen LogP contribution is 2.31. The van der Waals surface area contributed by atoms with Crippen molar-refractivity contribution < 1.29 is 23.7 Å². The first kappa shape index (κ1) is 16.5. The van der Waals surface area contributed by atoms with E-state index in [2.05, 4.69) is 10.5 Å². The van der Waals surface area contributed by atoms with Gasteiger partial charge in [-0.1, -0.05) is 6.07 Å². The van der Waals surface area contributed by atoms with Gasteiger partial charge in [0.2, 0.25) is 5.58 Å². The van der Waals surface area contributed by atoms with Crippen LogP contribution in [0.15, 0.2) is 22.7 Å². The molecule has 1 aromatic carbocycles. The molecule has 1 N–H and O–H groups in total. The molecular formula is C14H17N3O6. The molecule has 0 aliphatic rings. The van der Waals surface area contributed by atoms with Crippen LogP contribution < -0.4 is 10.1 Å². The van der Waals surface area contributed by atoms with Crippen molar-refractivity contribution in [3.05, 3.63) is 28.3 Å². The number of carbonyl (C=O) groups excluding carboxylic acids is 1. The molecule has 0 saturated carbocycles. The first-order chi connectivity index (χ1) is 10.8. The van der Waals surface area contributed by atoms with E-state index in [1.165, 1.54) is 12.1 Å². The second-order valence-corrected chi connectivity index (χ2v) is 5.68. The van der Waals surface area contributed by atoms with Gasteiger partial charge in [0, 0.05) is 6.07 Å². The standard InChI is InChI=1S/C14H17N3O6/c1-14(2,3)22-13(18)15-7-8-21-12-9-5-4-6-10(17(19)20)11(9)23-16-12/h4-6H,7-8H2,1-3H3,(H,15,18). The molecule has 1 amide bonds. The SMILES string of the molecule is CC(C)(C)OC(=O)NCCOc1noc2c([N+](=O)[O-])cccc12. The molecule has 0 spiro atoms. The highest BCUT2D eigenvalue weighted by Gasteiger charge is 2.20. The normalized spacial score (nSPS) is 11.3. The summed E-state index contributed by atoms with van der Waals surface area (Å²) in [5, 5.41) is 17.5. The molecule has 2 rings (SSSR count). The Hall–Kier alpha value is -2.84. The Morgan fingerprint density at radius 1 is 1.43 bits per heavy atom. The van der Waals surface area contributed by atoms with Crippen molar-refractivity contribution in [2.24, 2.45) is 0 Å². The second-order valence-electron chi connectivity index (χ2n) is 5.68. The number of nitrogens with zero attached hydrogens (tertiary/aromatic N) is 2. The number of amides is 1. The van der Waals surface area contributed by atoms with E-state index in [9.17, 15) is 14.9 Å². The Kier molecular flexibility index (Phi) is 4.68. The molecule has 9 nitrogen and oxygen atoms in total. The first-order valence-electron chi connectivity index (χ1n) is 6.90. The lowest BCUT2D eigenvalue weighted by Gasteiger charge is -2.19. The number of alkyl carbamates (subject to hydrolysis) is 1. The van der Waals surface area contributed by atoms with Crippen LogP contribution in [0.5, 0.6) is 5.88 Å². The minimum Gasteiger partial charge on any atom is -0.473 e. The van der Waals surface area contributed by atoms with Crippen LogP contribution in [0.2, 0.25) is 0 Å². The molecular weight excluding hydrogens is 306 g/mol. The summed E-state index contributed by atoms with van der Waals surface area (Å²) in [5.74, 6) is 0.134. The summed E-state index contributed by atoms with van der Waals surface area (Å²) < 4.78 is 15.4. The van der Waals surface area contributed by atoms with Crippen molar-refractivity contribution in [1.82, 2.24) is 10.5 Å². The molecule has 0 unspecified atom stereocenters. The molecule has 0 atom stereocenters. The zero-order chi connectivity index (χ0) is 17.0. The highest BCUT2D eigenvalue weighted by molar-refractivity contribution is 5.89. The molecule has 124 valence electrons. The lowest BCUT2D eigenvalue weighted by molar-refractivity contribution is -0.383. The number of rotatable bonds is 5. The fourth-order valence-corrected chi connectivity index (χ4v) is 1.79. The zero-order valence-corrected chi connectivity index (χ0v) is 13.0. The number of nitro benzene ring substituents is 1. The first-order valence-corrected chi connectivity index (χ1v) is 6.90. The van der Waals surface area contributed by atoms with Crippen LogP contribution in [0.1, 0.15) is 20.8 Å². The van der Waals surface area contributed by atoms with E-state index < -0.39 is 16.6 Å². The summed E-state index contributed by atoms with van der Waals surface area (Å²) in [7, 11) is 0. The third-order valence-corrected chi connectivity index (χ3v) is 2.65. The van der Waals surface area contributed by atoms with Crippen molar-refractivity contribution in [2.45, 2.75) is 26.4 Å². The van der Waals surface area contributed by atoms with Crippen LogP contribution in [-0.4, -0.2) is 34.9 Å². The van der Waals surface area contributed by atoms with Crippen LogP contribution in [0, 0.1) is 10.1 Å². The van der Waals surface area contributed by atoms with Crippen molar-refractivity contribution in [2.75, 3.05) is 13.2 Å². The van der Waals surface area contributed by atoms with E-state index in [0.717, 1.165) is 0 Å². The fraction of sp³-hybridized carbons (Fsp3) is 0.429. The molecule has 1 heterocycles. The third kappa shape index (κ3) is 4.31. The number of aromatic nitrogens is 1. The number of carbonyl (C=O) groups is 1. The predicted molar refractivity (Wildman–Crippen MR) is 80.4 cm³/mol. The number of hydrogen-bond donors (Lipinski definition) is 1. The average molecular weight is 323 g/mol. The monoisotopic (exact) mass is 323 g/mol. The molecule has 0 bridgehead atoms. The lowest BCUT2D eigenvalue weighted by atomic mass is 10.2. The molecule has 0 aliphatic carbocycles. The molecule has 0 fully saturated rings. The molecule has 1 aromatic heterocycles. The zero-order valence-electron chi connectivity index (χ0n) is 13.0. The molecule has 0 radical (unpaired) electrons. The maximum absolute atomic E-state index is 11.5. The number of non-ortho nitro benzene ring substituents is 1. The van der Waals surface area contributed by atoms with Crippen molar-refractivity contribution in [1.29, 1.82) is 0 Å². The summed E-state index contributed by atoms with van der Waals surface area (Å²) in [5.41, 5.74) is -0.712. The van der Waals surface area contributed by atoms with Crippen LogP contribution in [0.3, 0.4) is 0 Å².